The molecule has 1 saturated heterocycles. The van der Waals surface area contributed by atoms with Gasteiger partial charge in [-0.25, -0.2) is 10.9 Å². The second-order valence-corrected chi connectivity index (χ2v) is 5.40. The number of rotatable bonds is 4. The first-order valence-corrected chi connectivity index (χ1v) is 6.94. The van der Waals surface area contributed by atoms with Crippen molar-refractivity contribution in [2.45, 2.75) is 52.7 Å². The van der Waals surface area contributed by atoms with Crippen LogP contribution in [0, 0.1) is 20.8 Å². The second-order valence-electron chi connectivity index (χ2n) is 5.40. The van der Waals surface area contributed by atoms with Crippen molar-refractivity contribution in [2.24, 2.45) is 0 Å². The predicted molar refractivity (Wildman–Crippen MR) is 76.4 cm³/mol. The van der Waals surface area contributed by atoms with Crippen molar-refractivity contribution in [3.63, 3.8) is 0 Å². The molecule has 1 aromatic rings. The molecule has 1 aliphatic heterocycles. The quantitative estimate of drug-likeness (QED) is 0.765. The first kappa shape index (κ1) is 13.5. The van der Waals surface area contributed by atoms with E-state index < -0.39 is 0 Å². The lowest BCUT2D eigenvalue weighted by atomic mass is 9.93. The van der Waals surface area contributed by atoms with E-state index in [1.165, 1.54) is 28.7 Å². The minimum Gasteiger partial charge on any atom is -0.301 e. The molecule has 1 fully saturated rings. The Morgan fingerprint density at radius 2 is 1.83 bits per heavy atom. The molecule has 3 nitrogen and oxygen atoms in total. The number of hydrogen-bond donors (Lipinski definition) is 3. The molecule has 3 heteroatoms. The van der Waals surface area contributed by atoms with Crippen molar-refractivity contribution in [3.8, 4) is 0 Å². The van der Waals surface area contributed by atoms with Gasteiger partial charge in [0.2, 0.25) is 0 Å². The van der Waals surface area contributed by atoms with Gasteiger partial charge in [0.05, 0.1) is 6.17 Å². The van der Waals surface area contributed by atoms with Crippen LogP contribution >= 0.6 is 0 Å². The highest BCUT2D eigenvalue weighted by Crippen LogP contribution is 2.28. The summed E-state index contributed by atoms with van der Waals surface area (Å²) in [4.78, 5) is 0. The van der Waals surface area contributed by atoms with Gasteiger partial charge in [-0.3, -0.25) is 0 Å². The minimum absolute atomic E-state index is 0.384. The zero-order chi connectivity index (χ0) is 13.1. The van der Waals surface area contributed by atoms with Crippen LogP contribution in [0.15, 0.2) is 12.1 Å². The van der Waals surface area contributed by atoms with E-state index in [2.05, 4.69) is 56.0 Å². The summed E-state index contributed by atoms with van der Waals surface area (Å²) in [6, 6.07) is 4.97. The Kier molecular flexibility index (Phi) is 4.38. The van der Waals surface area contributed by atoms with Gasteiger partial charge >= 0.3 is 0 Å². The lowest BCUT2D eigenvalue weighted by Crippen LogP contribution is -2.41. The van der Waals surface area contributed by atoms with Crippen molar-refractivity contribution >= 4 is 0 Å². The van der Waals surface area contributed by atoms with Gasteiger partial charge in [-0.1, -0.05) is 24.6 Å². The third kappa shape index (κ3) is 2.91. The molecule has 2 rings (SSSR count). The summed E-state index contributed by atoms with van der Waals surface area (Å²) in [5, 5.41) is 3.51. The summed E-state index contributed by atoms with van der Waals surface area (Å²) in [5.74, 6) is 0. The molecule has 0 spiro atoms. The molecule has 2 atom stereocenters. The zero-order valence-electron chi connectivity index (χ0n) is 11.9. The van der Waals surface area contributed by atoms with Gasteiger partial charge in [0.1, 0.15) is 0 Å². The van der Waals surface area contributed by atoms with E-state index in [1.54, 1.807) is 0 Å². The standard InChI is InChI=1S/C15H25N3/c1-5-6-16-14-9-13(17-18-14)15-11(3)7-10(2)8-12(15)4/h7-8,13-14,16-18H,5-6,9H2,1-4H3. The second kappa shape index (κ2) is 5.83. The van der Waals surface area contributed by atoms with Gasteiger partial charge in [0.25, 0.3) is 0 Å². The first-order chi connectivity index (χ1) is 8.61. The third-order valence-corrected chi connectivity index (χ3v) is 3.63. The molecule has 1 heterocycles. The molecule has 0 radical (unpaired) electrons. The van der Waals surface area contributed by atoms with Crippen LogP contribution in [0.1, 0.15) is 48.1 Å². The summed E-state index contributed by atoms with van der Waals surface area (Å²) in [5.41, 5.74) is 12.4. The SMILES string of the molecule is CCCNC1CC(c2c(C)cc(C)cc2C)NN1. The Hall–Kier alpha value is -0.900. The molecule has 0 bridgehead atoms. The molecule has 2 unspecified atom stereocenters. The van der Waals surface area contributed by atoms with Gasteiger partial charge in [0.15, 0.2) is 0 Å². The average molecular weight is 247 g/mol. The van der Waals surface area contributed by atoms with E-state index in [0.717, 1.165) is 13.0 Å². The van der Waals surface area contributed by atoms with Crippen LogP contribution in [0.25, 0.3) is 0 Å². The smallest absolute Gasteiger partial charge is 0.0723 e. The summed E-state index contributed by atoms with van der Waals surface area (Å²) in [6.07, 6.45) is 2.66. The molecule has 100 valence electrons. The molecule has 1 aromatic carbocycles. The van der Waals surface area contributed by atoms with Crippen molar-refractivity contribution < 1.29 is 0 Å². The summed E-state index contributed by atoms with van der Waals surface area (Å²) < 4.78 is 0. The van der Waals surface area contributed by atoms with Crippen LogP contribution in [0.3, 0.4) is 0 Å². The molecular weight excluding hydrogens is 222 g/mol. The summed E-state index contributed by atoms with van der Waals surface area (Å²) in [6.45, 7) is 9.85. The average Bonchev–Trinajstić information content (AvgIpc) is 2.73. The van der Waals surface area contributed by atoms with Crippen molar-refractivity contribution in [1.82, 2.24) is 16.2 Å². The number of nitrogens with one attached hydrogen (secondary N) is 3. The van der Waals surface area contributed by atoms with E-state index in [4.69, 9.17) is 0 Å². The highest BCUT2D eigenvalue weighted by Gasteiger charge is 2.26. The molecule has 3 N–H and O–H groups in total. The van der Waals surface area contributed by atoms with E-state index in [-0.39, 0.29) is 0 Å². The largest absolute Gasteiger partial charge is 0.301 e. The number of aryl methyl sites for hydroxylation is 3. The Morgan fingerprint density at radius 1 is 1.17 bits per heavy atom. The highest BCUT2D eigenvalue weighted by atomic mass is 15.5. The molecule has 0 amide bonds. The zero-order valence-corrected chi connectivity index (χ0v) is 11.9. The molecule has 1 aliphatic rings. The number of hydrazine groups is 1. The van der Waals surface area contributed by atoms with E-state index in [0.29, 0.717) is 12.2 Å². The van der Waals surface area contributed by atoms with Crippen LogP contribution in [-0.2, 0) is 0 Å². The molecule has 0 aliphatic carbocycles. The van der Waals surface area contributed by atoms with Crippen molar-refractivity contribution in [1.29, 1.82) is 0 Å². The first-order valence-electron chi connectivity index (χ1n) is 6.94. The molecule has 18 heavy (non-hydrogen) atoms. The molecular formula is C15H25N3. The van der Waals surface area contributed by atoms with E-state index >= 15 is 0 Å². The number of benzene rings is 1. The molecule has 0 saturated carbocycles. The summed E-state index contributed by atoms with van der Waals surface area (Å²) >= 11 is 0. The van der Waals surface area contributed by atoms with Crippen LogP contribution in [0.5, 0.6) is 0 Å². The van der Waals surface area contributed by atoms with Gasteiger partial charge in [0, 0.05) is 6.04 Å². The van der Waals surface area contributed by atoms with E-state index in [9.17, 15) is 0 Å². The van der Waals surface area contributed by atoms with Crippen LogP contribution in [-0.4, -0.2) is 12.7 Å². The topological polar surface area (TPSA) is 36.1 Å². The Labute approximate surface area is 110 Å². The maximum Gasteiger partial charge on any atom is 0.0723 e. The van der Waals surface area contributed by atoms with Crippen LogP contribution in [0.4, 0.5) is 0 Å². The van der Waals surface area contributed by atoms with E-state index in [1.807, 2.05) is 0 Å². The fraction of sp³-hybridized carbons (Fsp3) is 0.600. The van der Waals surface area contributed by atoms with Gasteiger partial charge in [-0.2, -0.15) is 0 Å². The minimum atomic E-state index is 0.384. The maximum atomic E-state index is 3.51. The fourth-order valence-corrected chi connectivity index (χ4v) is 2.94. The predicted octanol–water partition coefficient (Wildman–Crippen LogP) is 2.48. The normalized spacial score (nSPS) is 23.6. The lowest BCUT2D eigenvalue weighted by Gasteiger charge is -2.17. The van der Waals surface area contributed by atoms with Gasteiger partial charge < -0.3 is 5.32 Å². The van der Waals surface area contributed by atoms with Crippen LogP contribution in [0.2, 0.25) is 0 Å². The van der Waals surface area contributed by atoms with Gasteiger partial charge in [-0.05, 0) is 56.8 Å². The number of hydrogen-bond acceptors (Lipinski definition) is 3. The summed E-state index contributed by atoms with van der Waals surface area (Å²) in [7, 11) is 0. The Balaban J connectivity index is 2.09. The van der Waals surface area contributed by atoms with Crippen molar-refractivity contribution in [3.05, 3.63) is 34.4 Å². The highest BCUT2D eigenvalue weighted by molar-refractivity contribution is 5.40. The fourth-order valence-electron chi connectivity index (χ4n) is 2.94. The Bertz CT molecular complexity index is 391. The molecule has 0 aromatic heterocycles. The Morgan fingerprint density at radius 3 is 2.44 bits per heavy atom. The van der Waals surface area contributed by atoms with Crippen LogP contribution < -0.4 is 16.2 Å². The maximum absolute atomic E-state index is 3.51. The monoisotopic (exact) mass is 247 g/mol. The lowest BCUT2D eigenvalue weighted by molar-refractivity contribution is 0.458. The van der Waals surface area contributed by atoms with Crippen molar-refractivity contribution in [2.75, 3.05) is 6.54 Å². The third-order valence-electron chi connectivity index (χ3n) is 3.63. The van der Waals surface area contributed by atoms with Gasteiger partial charge in [-0.15, -0.1) is 0 Å².